The van der Waals surface area contributed by atoms with Crippen molar-refractivity contribution in [2.75, 3.05) is 19.7 Å². The molecule has 1 atom stereocenters. The molecule has 1 amide bonds. The number of amides is 1. The van der Waals surface area contributed by atoms with E-state index in [9.17, 15) is 13.6 Å². The SMILES string of the molecule is C[C@@H]1CN(C(=O)c2cc(Br)cc(F)c2F)CCO1. The van der Waals surface area contributed by atoms with Crippen LogP contribution in [0.2, 0.25) is 0 Å². The molecule has 1 fully saturated rings. The first kappa shape index (κ1) is 13.4. The van der Waals surface area contributed by atoms with Gasteiger partial charge in [-0.25, -0.2) is 8.78 Å². The van der Waals surface area contributed by atoms with Gasteiger partial charge in [0.25, 0.3) is 5.91 Å². The molecule has 0 N–H and O–H groups in total. The molecule has 0 aliphatic carbocycles. The van der Waals surface area contributed by atoms with Gasteiger partial charge in [0, 0.05) is 17.6 Å². The van der Waals surface area contributed by atoms with Crippen LogP contribution in [0.4, 0.5) is 8.78 Å². The van der Waals surface area contributed by atoms with Gasteiger partial charge in [0.1, 0.15) is 0 Å². The molecule has 1 aromatic rings. The molecule has 0 saturated carbocycles. The van der Waals surface area contributed by atoms with Gasteiger partial charge in [-0.3, -0.25) is 4.79 Å². The molecule has 0 unspecified atom stereocenters. The van der Waals surface area contributed by atoms with Gasteiger partial charge in [0.15, 0.2) is 11.6 Å². The number of benzene rings is 1. The Labute approximate surface area is 112 Å². The molecule has 18 heavy (non-hydrogen) atoms. The van der Waals surface area contributed by atoms with Crippen molar-refractivity contribution in [3.63, 3.8) is 0 Å². The fourth-order valence-electron chi connectivity index (χ4n) is 1.88. The zero-order valence-corrected chi connectivity index (χ0v) is 11.3. The van der Waals surface area contributed by atoms with Gasteiger partial charge in [-0.15, -0.1) is 0 Å². The summed E-state index contributed by atoms with van der Waals surface area (Å²) in [5.74, 6) is -2.65. The summed E-state index contributed by atoms with van der Waals surface area (Å²) in [6.07, 6.45) is -0.0947. The zero-order chi connectivity index (χ0) is 13.3. The molecular formula is C12H12BrF2NO2. The maximum absolute atomic E-state index is 13.6. The van der Waals surface area contributed by atoms with Crippen LogP contribution < -0.4 is 0 Å². The third kappa shape index (κ3) is 2.70. The van der Waals surface area contributed by atoms with Crippen molar-refractivity contribution < 1.29 is 18.3 Å². The van der Waals surface area contributed by atoms with E-state index in [-0.39, 0.29) is 11.7 Å². The first-order valence-electron chi connectivity index (χ1n) is 5.54. The van der Waals surface area contributed by atoms with Crippen LogP contribution in [0.25, 0.3) is 0 Å². The molecule has 6 heteroatoms. The quantitative estimate of drug-likeness (QED) is 0.745. The van der Waals surface area contributed by atoms with Crippen molar-refractivity contribution in [3.05, 3.63) is 33.8 Å². The van der Waals surface area contributed by atoms with Crippen LogP contribution in [-0.2, 0) is 4.74 Å². The lowest BCUT2D eigenvalue weighted by molar-refractivity contribution is -0.0126. The summed E-state index contributed by atoms with van der Waals surface area (Å²) in [5.41, 5.74) is -0.254. The van der Waals surface area contributed by atoms with E-state index in [1.807, 2.05) is 6.92 Å². The number of morpholine rings is 1. The third-order valence-electron chi connectivity index (χ3n) is 2.75. The molecular weight excluding hydrogens is 308 g/mol. The Morgan fingerprint density at radius 3 is 2.89 bits per heavy atom. The van der Waals surface area contributed by atoms with E-state index in [1.165, 1.54) is 11.0 Å². The Hall–Kier alpha value is -1.01. The Balaban J connectivity index is 2.28. The molecule has 98 valence electrons. The molecule has 1 saturated heterocycles. The summed E-state index contributed by atoms with van der Waals surface area (Å²) in [5, 5.41) is 0. The summed E-state index contributed by atoms with van der Waals surface area (Å²) in [7, 11) is 0. The van der Waals surface area contributed by atoms with E-state index in [1.54, 1.807) is 0 Å². The largest absolute Gasteiger partial charge is 0.375 e. The van der Waals surface area contributed by atoms with Crippen molar-refractivity contribution in [2.24, 2.45) is 0 Å². The molecule has 1 aliphatic heterocycles. The Morgan fingerprint density at radius 1 is 1.50 bits per heavy atom. The maximum atomic E-state index is 13.6. The normalized spacial score (nSPS) is 20.0. The Bertz CT molecular complexity index is 481. The molecule has 3 nitrogen and oxygen atoms in total. The van der Waals surface area contributed by atoms with Crippen LogP contribution >= 0.6 is 15.9 Å². The van der Waals surface area contributed by atoms with Crippen LogP contribution in [0.15, 0.2) is 16.6 Å². The van der Waals surface area contributed by atoms with Crippen LogP contribution in [-0.4, -0.2) is 36.6 Å². The lowest BCUT2D eigenvalue weighted by Crippen LogP contribution is -2.44. The highest BCUT2D eigenvalue weighted by Crippen LogP contribution is 2.21. The number of carbonyl (C=O) groups is 1. The zero-order valence-electron chi connectivity index (χ0n) is 9.75. The molecule has 0 spiro atoms. The van der Waals surface area contributed by atoms with Crippen molar-refractivity contribution in [1.82, 2.24) is 4.90 Å². The van der Waals surface area contributed by atoms with E-state index in [4.69, 9.17) is 4.74 Å². The van der Waals surface area contributed by atoms with Crippen molar-refractivity contribution in [3.8, 4) is 0 Å². The van der Waals surface area contributed by atoms with Crippen LogP contribution in [0.3, 0.4) is 0 Å². The van der Waals surface area contributed by atoms with Crippen molar-refractivity contribution >= 4 is 21.8 Å². The van der Waals surface area contributed by atoms with Gasteiger partial charge in [-0.2, -0.15) is 0 Å². The number of nitrogens with zero attached hydrogens (tertiary/aromatic N) is 1. The van der Waals surface area contributed by atoms with E-state index >= 15 is 0 Å². The van der Waals surface area contributed by atoms with Crippen molar-refractivity contribution in [2.45, 2.75) is 13.0 Å². The van der Waals surface area contributed by atoms with Crippen LogP contribution in [0.5, 0.6) is 0 Å². The van der Waals surface area contributed by atoms with E-state index in [2.05, 4.69) is 15.9 Å². The first-order valence-corrected chi connectivity index (χ1v) is 6.33. The summed E-state index contributed by atoms with van der Waals surface area (Å²) in [4.78, 5) is 13.6. The van der Waals surface area contributed by atoms with Gasteiger partial charge >= 0.3 is 0 Å². The number of ether oxygens (including phenoxy) is 1. The number of carbonyl (C=O) groups excluding carboxylic acids is 1. The molecule has 0 radical (unpaired) electrons. The number of hydrogen-bond acceptors (Lipinski definition) is 2. The summed E-state index contributed by atoms with van der Waals surface area (Å²) in [6.45, 7) is 3.01. The van der Waals surface area contributed by atoms with Crippen molar-refractivity contribution in [1.29, 1.82) is 0 Å². The summed E-state index contributed by atoms with van der Waals surface area (Å²) < 4.78 is 32.5. The number of halogens is 3. The fourth-order valence-corrected chi connectivity index (χ4v) is 2.31. The second-order valence-electron chi connectivity index (χ2n) is 4.18. The number of hydrogen-bond donors (Lipinski definition) is 0. The summed E-state index contributed by atoms with van der Waals surface area (Å²) in [6, 6.07) is 2.29. The Morgan fingerprint density at radius 2 is 2.22 bits per heavy atom. The molecule has 0 bridgehead atoms. The number of rotatable bonds is 1. The van der Waals surface area contributed by atoms with E-state index in [0.29, 0.717) is 24.2 Å². The minimum absolute atomic E-state index is 0.0947. The molecule has 1 aromatic carbocycles. The monoisotopic (exact) mass is 319 g/mol. The van der Waals surface area contributed by atoms with Gasteiger partial charge in [0.05, 0.1) is 18.3 Å². The van der Waals surface area contributed by atoms with Gasteiger partial charge in [-0.05, 0) is 19.1 Å². The minimum atomic E-state index is -1.11. The lowest BCUT2D eigenvalue weighted by atomic mass is 10.1. The predicted molar refractivity (Wildman–Crippen MR) is 65.4 cm³/mol. The lowest BCUT2D eigenvalue weighted by Gasteiger charge is -2.31. The fraction of sp³-hybridized carbons (Fsp3) is 0.417. The van der Waals surface area contributed by atoms with Crippen LogP contribution in [0, 0.1) is 11.6 Å². The van der Waals surface area contributed by atoms with E-state index in [0.717, 1.165) is 6.07 Å². The third-order valence-corrected chi connectivity index (χ3v) is 3.21. The standard InChI is InChI=1S/C12H12BrF2NO2/c1-7-6-16(2-3-18-7)12(17)9-4-8(13)5-10(14)11(9)15/h4-5,7H,2-3,6H2,1H3/t7-/m1/s1. The van der Waals surface area contributed by atoms with Gasteiger partial charge < -0.3 is 9.64 Å². The smallest absolute Gasteiger partial charge is 0.257 e. The van der Waals surface area contributed by atoms with Gasteiger partial charge in [0.2, 0.25) is 0 Å². The van der Waals surface area contributed by atoms with Crippen LogP contribution in [0.1, 0.15) is 17.3 Å². The highest BCUT2D eigenvalue weighted by atomic mass is 79.9. The second-order valence-corrected chi connectivity index (χ2v) is 5.10. The molecule has 1 heterocycles. The molecule has 2 rings (SSSR count). The highest BCUT2D eigenvalue weighted by molar-refractivity contribution is 9.10. The average Bonchev–Trinajstić information content (AvgIpc) is 2.33. The van der Waals surface area contributed by atoms with Gasteiger partial charge in [-0.1, -0.05) is 15.9 Å². The second kappa shape index (κ2) is 5.32. The molecule has 1 aliphatic rings. The summed E-state index contributed by atoms with van der Waals surface area (Å²) >= 11 is 3.05. The maximum Gasteiger partial charge on any atom is 0.257 e. The Kier molecular flexibility index (Phi) is 3.97. The predicted octanol–water partition coefficient (Wildman–Crippen LogP) is 2.59. The van der Waals surface area contributed by atoms with E-state index < -0.39 is 17.5 Å². The average molecular weight is 320 g/mol. The molecule has 0 aromatic heterocycles. The minimum Gasteiger partial charge on any atom is -0.375 e. The highest BCUT2D eigenvalue weighted by Gasteiger charge is 2.26. The first-order chi connectivity index (χ1) is 8.49. The topological polar surface area (TPSA) is 29.5 Å².